The SMILES string of the molecule is CC(=O)C(C)CCC1CCCO1. The summed E-state index contributed by atoms with van der Waals surface area (Å²) in [6, 6.07) is 0. The van der Waals surface area contributed by atoms with Crippen molar-refractivity contribution in [3.63, 3.8) is 0 Å². The molecule has 2 unspecified atom stereocenters. The van der Waals surface area contributed by atoms with Crippen LogP contribution in [0, 0.1) is 5.92 Å². The van der Waals surface area contributed by atoms with Crippen molar-refractivity contribution in [2.75, 3.05) is 6.61 Å². The minimum atomic E-state index is 0.217. The van der Waals surface area contributed by atoms with Gasteiger partial charge in [0, 0.05) is 12.5 Å². The Hall–Kier alpha value is -0.370. The van der Waals surface area contributed by atoms with Crippen molar-refractivity contribution in [2.24, 2.45) is 5.92 Å². The van der Waals surface area contributed by atoms with Crippen LogP contribution in [0.5, 0.6) is 0 Å². The molecule has 0 aliphatic carbocycles. The summed E-state index contributed by atoms with van der Waals surface area (Å²) in [7, 11) is 0. The van der Waals surface area contributed by atoms with Crippen LogP contribution in [0.15, 0.2) is 0 Å². The molecule has 1 saturated heterocycles. The number of ether oxygens (including phenoxy) is 1. The van der Waals surface area contributed by atoms with Gasteiger partial charge in [0.1, 0.15) is 5.78 Å². The minimum Gasteiger partial charge on any atom is -0.378 e. The first-order valence-electron chi connectivity index (χ1n) is 4.82. The highest BCUT2D eigenvalue weighted by molar-refractivity contribution is 5.77. The molecule has 1 aliphatic rings. The van der Waals surface area contributed by atoms with Gasteiger partial charge >= 0.3 is 0 Å². The lowest BCUT2D eigenvalue weighted by Crippen LogP contribution is -2.11. The van der Waals surface area contributed by atoms with E-state index in [0.717, 1.165) is 19.4 Å². The summed E-state index contributed by atoms with van der Waals surface area (Å²) in [6.07, 6.45) is 4.86. The first-order valence-corrected chi connectivity index (χ1v) is 4.82. The summed E-state index contributed by atoms with van der Waals surface area (Å²) in [4.78, 5) is 10.9. The Kier molecular flexibility index (Phi) is 3.73. The normalized spacial score (nSPS) is 25.7. The Morgan fingerprint density at radius 2 is 2.42 bits per heavy atom. The molecule has 2 nitrogen and oxygen atoms in total. The summed E-state index contributed by atoms with van der Waals surface area (Å²) in [5.41, 5.74) is 0. The quantitative estimate of drug-likeness (QED) is 0.646. The zero-order chi connectivity index (χ0) is 8.97. The number of rotatable bonds is 4. The Labute approximate surface area is 74.3 Å². The molecule has 0 amide bonds. The van der Waals surface area contributed by atoms with Crippen molar-refractivity contribution in [3.8, 4) is 0 Å². The molecular formula is C10H18O2. The molecule has 1 heterocycles. The summed E-state index contributed by atoms with van der Waals surface area (Å²) in [5, 5.41) is 0. The van der Waals surface area contributed by atoms with Crippen molar-refractivity contribution >= 4 is 5.78 Å². The van der Waals surface area contributed by atoms with Crippen LogP contribution in [0.4, 0.5) is 0 Å². The highest BCUT2D eigenvalue weighted by Crippen LogP contribution is 2.19. The topological polar surface area (TPSA) is 26.3 Å². The van der Waals surface area contributed by atoms with Gasteiger partial charge < -0.3 is 4.74 Å². The van der Waals surface area contributed by atoms with Gasteiger partial charge in [-0.1, -0.05) is 6.92 Å². The summed E-state index contributed by atoms with van der Waals surface area (Å²) in [6.45, 7) is 4.58. The highest BCUT2D eigenvalue weighted by Gasteiger charge is 2.17. The maximum absolute atomic E-state index is 10.9. The Balaban J connectivity index is 2.11. The predicted octanol–water partition coefficient (Wildman–Crippen LogP) is 2.17. The second-order valence-corrected chi connectivity index (χ2v) is 3.72. The lowest BCUT2D eigenvalue weighted by Gasteiger charge is -2.11. The lowest BCUT2D eigenvalue weighted by atomic mass is 9.98. The van der Waals surface area contributed by atoms with E-state index in [0.29, 0.717) is 11.9 Å². The van der Waals surface area contributed by atoms with Crippen LogP contribution in [0.3, 0.4) is 0 Å². The average molecular weight is 170 g/mol. The fraction of sp³-hybridized carbons (Fsp3) is 0.900. The fourth-order valence-corrected chi connectivity index (χ4v) is 1.51. The van der Waals surface area contributed by atoms with Gasteiger partial charge in [-0.3, -0.25) is 4.79 Å². The molecule has 0 bridgehead atoms. The summed E-state index contributed by atoms with van der Waals surface area (Å²) in [5.74, 6) is 0.516. The Morgan fingerprint density at radius 3 is 2.92 bits per heavy atom. The standard InChI is InChI=1S/C10H18O2/c1-8(9(2)11)5-6-10-4-3-7-12-10/h8,10H,3-7H2,1-2H3. The monoisotopic (exact) mass is 170 g/mol. The zero-order valence-electron chi connectivity index (χ0n) is 8.01. The number of hydrogen-bond acceptors (Lipinski definition) is 2. The van der Waals surface area contributed by atoms with Gasteiger partial charge in [-0.15, -0.1) is 0 Å². The van der Waals surface area contributed by atoms with Gasteiger partial charge in [0.25, 0.3) is 0 Å². The van der Waals surface area contributed by atoms with Crippen LogP contribution >= 0.6 is 0 Å². The van der Waals surface area contributed by atoms with E-state index < -0.39 is 0 Å². The third-order valence-electron chi connectivity index (χ3n) is 2.64. The van der Waals surface area contributed by atoms with Crippen LogP contribution in [0.2, 0.25) is 0 Å². The Bertz CT molecular complexity index is 148. The largest absolute Gasteiger partial charge is 0.378 e. The summed E-state index contributed by atoms with van der Waals surface area (Å²) >= 11 is 0. The molecule has 0 N–H and O–H groups in total. The molecule has 0 saturated carbocycles. The zero-order valence-corrected chi connectivity index (χ0v) is 8.01. The van der Waals surface area contributed by atoms with E-state index in [1.807, 2.05) is 6.92 Å². The maximum atomic E-state index is 10.9. The van der Waals surface area contributed by atoms with E-state index in [4.69, 9.17) is 4.74 Å². The van der Waals surface area contributed by atoms with E-state index in [-0.39, 0.29) is 5.92 Å². The van der Waals surface area contributed by atoms with Crippen molar-refractivity contribution < 1.29 is 9.53 Å². The molecule has 2 atom stereocenters. The van der Waals surface area contributed by atoms with Gasteiger partial charge in [-0.05, 0) is 32.6 Å². The second kappa shape index (κ2) is 4.61. The molecule has 0 aromatic heterocycles. The smallest absolute Gasteiger partial charge is 0.132 e. The number of ketones is 1. The molecular weight excluding hydrogens is 152 g/mol. The van der Waals surface area contributed by atoms with Gasteiger partial charge in [-0.2, -0.15) is 0 Å². The molecule has 0 spiro atoms. The molecule has 12 heavy (non-hydrogen) atoms. The minimum absolute atomic E-state index is 0.217. The fourth-order valence-electron chi connectivity index (χ4n) is 1.51. The molecule has 0 aromatic rings. The van der Waals surface area contributed by atoms with E-state index in [9.17, 15) is 4.79 Å². The highest BCUT2D eigenvalue weighted by atomic mass is 16.5. The van der Waals surface area contributed by atoms with Crippen molar-refractivity contribution in [1.82, 2.24) is 0 Å². The van der Waals surface area contributed by atoms with E-state index in [2.05, 4.69) is 0 Å². The van der Waals surface area contributed by atoms with Crippen LogP contribution in [0.25, 0.3) is 0 Å². The molecule has 1 rings (SSSR count). The van der Waals surface area contributed by atoms with E-state index >= 15 is 0 Å². The van der Waals surface area contributed by atoms with Crippen molar-refractivity contribution in [2.45, 2.75) is 45.6 Å². The van der Waals surface area contributed by atoms with E-state index in [1.54, 1.807) is 6.92 Å². The van der Waals surface area contributed by atoms with Gasteiger partial charge in [0.05, 0.1) is 6.10 Å². The molecule has 1 aliphatic heterocycles. The van der Waals surface area contributed by atoms with Crippen LogP contribution in [-0.4, -0.2) is 18.5 Å². The number of hydrogen-bond donors (Lipinski definition) is 0. The second-order valence-electron chi connectivity index (χ2n) is 3.72. The summed E-state index contributed by atoms with van der Waals surface area (Å²) < 4.78 is 5.47. The van der Waals surface area contributed by atoms with Gasteiger partial charge in [0.15, 0.2) is 0 Å². The first-order chi connectivity index (χ1) is 5.70. The number of carbonyl (C=O) groups is 1. The van der Waals surface area contributed by atoms with Gasteiger partial charge in [-0.25, -0.2) is 0 Å². The van der Waals surface area contributed by atoms with Crippen LogP contribution in [0.1, 0.15) is 39.5 Å². The first kappa shape index (κ1) is 9.72. The Morgan fingerprint density at radius 1 is 1.67 bits per heavy atom. The molecule has 0 aromatic carbocycles. The van der Waals surface area contributed by atoms with Crippen LogP contribution < -0.4 is 0 Å². The molecule has 0 radical (unpaired) electrons. The maximum Gasteiger partial charge on any atom is 0.132 e. The van der Waals surface area contributed by atoms with Crippen molar-refractivity contribution in [1.29, 1.82) is 0 Å². The van der Waals surface area contributed by atoms with Crippen LogP contribution in [-0.2, 0) is 9.53 Å². The predicted molar refractivity (Wildman–Crippen MR) is 48.1 cm³/mol. The molecule has 2 heteroatoms. The number of carbonyl (C=O) groups excluding carboxylic acids is 1. The van der Waals surface area contributed by atoms with Gasteiger partial charge in [0.2, 0.25) is 0 Å². The average Bonchev–Trinajstić information content (AvgIpc) is 2.51. The molecule has 1 fully saturated rings. The molecule has 70 valence electrons. The van der Waals surface area contributed by atoms with E-state index in [1.165, 1.54) is 12.8 Å². The lowest BCUT2D eigenvalue weighted by molar-refractivity contribution is -0.120. The third-order valence-corrected chi connectivity index (χ3v) is 2.64. The number of Topliss-reactive ketones (excluding diaryl/α,β-unsaturated/α-hetero) is 1. The third kappa shape index (κ3) is 2.94. The van der Waals surface area contributed by atoms with Crippen molar-refractivity contribution in [3.05, 3.63) is 0 Å².